The number of hydrogen-bond acceptors (Lipinski definition) is 3. The molecule has 100 valence electrons. The maximum absolute atomic E-state index is 11.3. The number of amides is 1. The Morgan fingerprint density at radius 1 is 1.41 bits per heavy atom. The van der Waals surface area contributed by atoms with E-state index in [0.29, 0.717) is 12.6 Å². The average Bonchev–Trinajstić information content (AvgIpc) is 2.56. The van der Waals surface area contributed by atoms with E-state index in [0.717, 1.165) is 26.2 Å². The van der Waals surface area contributed by atoms with Crippen molar-refractivity contribution < 1.29 is 9.53 Å². The predicted octanol–water partition coefficient (Wildman–Crippen LogP) is 2.20. The SMILES string of the molecule is CC(C)N(CCN1CCOC1=O)CC(C)(C)C. The van der Waals surface area contributed by atoms with Gasteiger partial charge in [-0.3, -0.25) is 4.90 Å². The van der Waals surface area contributed by atoms with Crippen LogP contribution in [0.3, 0.4) is 0 Å². The first-order valence-electron chi connectivity index (χ1n) is 6.45. The zero-order chi connectivity index (χ0) is 13.1. The molecule has 4 heteroatoms. The average molecular weight is 242 g/mol. The van der Waals surface area contributed by atoms with Crippen molar-refractivity contribution in [2.24, 2.45) is 5.41 Å². The number of ether oxygens (including phenoxy) is 1. The fourth-order valence-electron chi connectivity index (χ4n) is 2.01. The van der Waals surface area contributed by atoms with Crippen molar-refractivity contribution >= 4 is 6.09 Å². The van der Waals surface area contributed by atoms with Crippen LogP contribution in [-0.4, -0.2) is 54.7 Å². The maximum atomic E-state index is 11.3. The summed E-state index contributed by atoms with van der Waals surface area (Å²) in [7, 11) is 0. The van der Waals surface area contributed by atoms with Gasteiger partial charge in [0, 0.05) is 25.7 Å². The Bertz CT molecular complexity index is 259. The van der Waals surface area contributed by atoms with Gasteiger partial charge in [0.1, 0.15) is 6.61 Å². The lowest BCUT2D eigenvalue weighted by atomic mass is 9.95. The highest BCUT2D eigenvalue weighted by Crippen LogP contribution is 2.17. The molecule has 1 aliphatic rings. The van der Waals surface area contributed by atoms with Crippen LogP contribution >= 0.6 is 0 Å². The molecular formula is C13H26N2O2. The Morgan fingerprint density at radius 2 is 2.06 bits per heavy atom. The van der Waals surface area contributed by atoms with E-state index in [9.17, 15) is 4.79 Å². The first kappa shape index (κ1) is 14.3. The van der Waals surface area contributed by atoms with Crippen LogP contribution in [-0.2, 0) is 4.74 Å². The van der Waals surface area contributed by atoms with Crippen molar-refractivity contribution in [3.63, 3.8) is 0 Å². The molecule has 0 aromatic rings. The van der Waals surface area contributed by atoms with Gasteiger partial charge in [-0.25, -0.2) is 4.79 Å². The van der Waals surface area contributed by atoms with Crippen molar-refractivity contribution in [1.29, 1.82) is 0 Å². The van der Waals surface area contributed by atoms with Gasteiger partial charge in [0.25, 0.3) is 0 Å². The van der Waals surface area contributed by atoms with E-state index in [1.807, 2.05) is 0 Å². The predicted molar refractivity (Wildman–Crippen MR) is 69.1 cm³/mol. The highest BCUT2D eigenvalue weighted by atomic mass is 16.6. The summed E-state index contributed by atoms with van der Waals surface area (Å²) < 4.78 is 4.93. The van der Waals surface area contributed by atoms with E-state index >= 15 is 0 Å². The molecule has 1 aliphatic heterocycles. The summed E-state index contributed by atoms with van der Waals surface area (Å²) in [5, 5.41) is 0. The van der Waals surface area contributed by atoms with Gasteiger partial charge in [0.15, 0.2) is 0 Å². The molecule has 17 heavy (non-hydrogen) atoms. The molecule has 0 aromatic heterocycles. The van der Waals surface area contributed by atoms with E-state index in [4.69, 9.17) is 4.74 Å². The minimum atomic E-state index is -0.163. The number of nitrogens with zero attached hydrogens (tertiary/aromatic N) is 2. The van der Waals surface area contributed by atoms with Crippen LogP contribution in [0.2, 0.25) is 0 Å². The third kappa shape index (κ3) is 4.94. The third-order valence-corrected chi connectivity index (χ3v) is 2.91. The molecule has 0 aromatic carbocycles. The maximum Gasteiger partial charge on any atom is 0.409 e. The Morgan fingerprint density at radius 3 is 2.47 bits per heavy atom. The molecule has 0 saturated carbocycles. The Labute approximate surface area is 105 Å². The topological polar surface area (TPSA) is 32.8 Å². The molecular weight excluding hydrogens is 216 g/mol. The molecule has 1 saturated heterocycles. The monoisotopic (exact) mass is 242 g/mol. The van der Waals surface area contributed by atoms with E-state index in [1.54, 1.807) is 4.90 Å². The zero-order valence-corrected chi connectivity index (χ0v) is 11.8. The van der Waals surface area contributed by atoms with E-state index < -0.39 is 0 Å². The molecule has 1 rings (SSSR count). The van der Waals surface area contributed by atoms with Gasteiger partial charge in [-0.2, -0.15) is 0 Å². The largest absolute Gasteiger partial charge is 0.448 e. The van der Waals surface area contributed by atoms with E-state index in [1.165, 1.54) is 0 Å². The van der Waals surface area contributed by atoms with Crippen molar-refractivity contribution in [2.75, 3.05) is 32.8 Å². The summed E-state index contributed by atoms with van der Waals surface area (Å²) in [6.45, 7) is 15.2. The highest BCUT2D eigenvalue weighted by molar-refractivity contribution is 5.69. The lowest BCUT2D eigenvalue weighted by Crippen LogP contribution is -2.43. The summed E-state index contributed by atoms with van der Waals surface area (Å²) in [5.41, 5.74) is 0.287. The lowest BCUT2D eigenvalue weighted by Gasteiger charge is -2.33. The fourth-order valence-corrected chi connectivity index (χ4v) is 2.01. The smallest absolute Gasteiger partial charge is 0.409 e. The van der Waals surface area contributed by atoms with Crippen molar-refractivity contribution in [2.45, 2.75) is 40.7 Å². The minimum absolute atomic E-state index is 0.163. The van der Waals surface area contributed by atoms with Gasteiger partial charge >= 0.3 is 6.09 Å². The molecule has 0 aliphatic carbocycles. The Balaban J connectivity index is 2.42. The van der Waals surface area contributed by atoms with Crippen LogP contribution in [0.5, 0.6) is 0 Å². The number of carbonyl (C=O) groups is 1. The van der Waals surface area contributed by atoms with E-state index in [2.05, 4.69) is 39.5 Å². The normalized spacial score (nSPS) is 17.1. The first-order valence-corrected chi connectivity index (χ1v) is 6.45. The summed E-state index contributed by atoms with van der Waals surface area (Å²) in [4.78, 5) is 15.5. The van der Waals surface area contributed by atoms with Crippen LogP contribution < -0.4 is 0 Å². The molecule has 0 unspecified atom stereocenters. The number of carbonyl (C=O) groups excluding carboxylic acids is 1. The standard InChI is InChI=1S/C13H26N2O2/c1-11(2)15(10-13(3,4)5)7-6-14-8-9-17-12(14)16/h11H,6-10H2,1-5H3. The summed E-state index contributed by atoms with van der Waals surface area (Å²) >= 11 is 0. The molecule has 4 nitrogen and oxygen atoms in total. The molecule has 1 amide bonds. The highest BCUT2D eigenvalue weighted by Gasteiger charge is 2.24. The molecule has 0 spiro atoms. The van der Waals surface area contributed by atoms with Crippen molar-refractivity contribution in [3.05, 3.63) is 0 Å². The number of hydrogen-bond donors (Lipinski definition) is 0. The quantitative estimate of drug-likeness (QED) is 0.741. The summed E-state index contributed by atoms with van der Waals surface area (Å²) in [6.07, 6.45) is -0.163. The van der Waals surface area contributed by atoms with Crippen LogP contribution in [0.1, 0.15) is 34.6 Å². The Kier molecular flexibility index (Phi) is 4.80. The molecule has 0 N–H and O–H groups in total. The van der Waals surface area contributed by atoms with Crippen LogP contribution in [0.15, 0.2) is 0 Å². The third-order valence-electron chi connectivity index (χ3n) is 2.91. The second-order valence-electron chi connectivity index (χ2n) is 6.23. The summed E-state index contributed by atoms with van der Waals surface area (Å²) in [5.74, 6) is 0. The molecule has 0 bridgehead atoms. The van der Waals surface area contributed by atoms with Gasteiger partial charge in [0.05, 0.1) is 6.54 Å². The van der Waals surface area contributed by atoms with Gasteiger partial charge in [-0.1, -0.05) is 20.8 Å². The first-order chi connectivity index (χ1) is 7.79. The molecule has 0 radical (unpaired) electrons. The van der Waals surface area contributed by atoms with Gasteiger partial charge in [-0.05, 0) is 19.3 Å². The van der Waals surface area contributed by atoms with Gasteiger partial charge in [0.2, 0.25) is 0 Å². The summed E-state index contributed by atoms with van der Waals surface area (Å²) in [6, 6.07) is 0.507. The molecule has 0 atom stereocenters. The van der Waals surface area contributed by atoms with Crippen LogP contribution in [0.25, 0.3) is 0 Å². The number of rotatable bonds is 5. The van der Waals surface area contributed by atoms with Crippen LogP contribution in [0, 0.1) is 5.41 Å². The second-order valence-corrected chi connectivity index (χ2v) is 6.23. The lowest BCUT2D eigenvalue weighted by molar-refractivity contribution is 0.131. The van der Waals surface area contributed by atoms with Gasteiger partial charge < -0.3 is 9.64 Å². The van der Waals surface area contributed by atoms with Gasteiger partial charge in [-0.15, -0.1) is 0 Å². The molecule has 1 fully saturated rings. The minimum Gasteiger partial charge on any atom is -0.448 e. The van der Waals surface area contributed by atoms with Crippen LogP contribution in [0.4, 0.5) is 4.79 Å². The second kappa shape index (κ2) is 5.71. The zero-order valence-electron chi connectivity index (χ0n) is 11.8. The van der Waals surface area contributed by atoms with Crippen molar-refractivity contribution in [3.8, 4) is 0 Å². The Hall–Kier alpha value is -0.770. The van der Waals surface area contributed by atoms with E-state index in [-0.39, 0.29) is 11.5 Å². The number of cyclic esters (lactones) is 1. The fraction of sp³-hybridized carbons (Fsp3) is 0.923. The van der Waals surface area contributed by atoms with Crippen molar-refractivity contribution in [1.82, 2.24) is 9.80 Å². The molecule has 1 heterocycles.